The maximum absolute atomic E-state index is 12.2. The highest BCUT2D eigenvalue weighted by Gasteiger charge is 2.25. The molecule has 0 bridgehead atoms. The number of hydrogen-bond acceptors (Lipinski definition) is 3. The highest BCUT2D eigenvalue weighted by atomic mass is 16.6. The van der Waals surface area contributed by atoms with E-state index in [4.69, 9.17) is 10.00 Å². The zero-order valence-electron chi connectivity index (χ0n) is 12.1. The monoisotopic (exact) mass is 260 g/mol. The standard InChI is InChI=1S/C15H20N2O2/c1-11(2)17(14(18)19-15(3,4)5)13-8-6-7-12(9-13)10-16/h6-9,11H,1-5H3. The molecule has 0 unspecified atom stereocenters. The van der Waals surface area contributed by atoms with Crippen LogP contribution < -0.4 is 4.90 Å². The number of ether oxygens (including phenoxy) is 1. The summed E-state index contributed by atoms with van der Waals surface area (Å²) in [6, 6.07) is 8.96. The van der Waals surface area contributed by atoms with Crippen molar-refractivity contribution in [3.8, 4) is 6.07 Å². The summed E-state index contributed by atoms with van der Waals surface area (Å²) in [5, 5.41) is 8.92. The summed E-state index contributed by atoms with van der Waals surface area (Å²) in [7, 11) is 0. The summed E-state index contributed by atoms with van der Waals surface area (Å²) >= 11 is 0. The quantitative estimate of drug-likeness (QED) is 0.814. The Morgan fingerprint density at radius 2 is 2.00 bits per heavy atom. The Balaban J connectivity index is 3.07. The molecule has 0 atom stereocenters. The van der Waals surface area contributed by atoms with Crippen molar-refractivity contribution in [2.24, 2.45) is 0 Å². The van der Waals surface area contributed by atoms with Gasteiger partial charge in [-0.2, -0.15) is 5.26 Å². The second-order valence-electron chi connectivity index (χ2n) is 5.61. The summed E-state index contributed by atoms with van der Waals surface area (Å²) < 4.78 is 5.39. The molecule has 0 aliphatic heterocycles. The summed E-state index contributed by atoms with van der Waals surface area (Å²) in [4.78, 5) is 13.8. The van der Waals surface area contributed by atoms with Crippen molar-refractivity contribution in [2.45, 2.75) is 46.3 Å². The van der Waals surface area contributed by atoms with Crippen LogP contribution >= 0.6 is 0 Å². The van der Waals surface area contributed by atoms with Crippen molar-refractivity contribution in [1.29, 1.82) is 5.26 Å². The van der Waals surface area contributed by atoms with E-state index in [1.165, 1.54) is 0 Å². The van der Waals surface area contributed by atoms with Gasteiger partial charge in [0.15, 0.2) is 0 Å². The first kappa shape index (κ1) is 15.0. The van der Waals surface area contributed by atoms with Crippen LogP contribution in [0.1, 0.15) is 40.2 Å². The molecule has 0 saturated carbocycles. The third kappa shape index (κ3) is 4.29. The SMILES string of the molecule is CC(C)N(C(=O)OC(C)(C)C)c1cccc(C#N)c1. The van der Waals surface area contributed by atoms with E-state index >= 15 is 0 Å². The van der Waals surface area contributed by atoms with Gasteiger partial charge in [0.25, 0.3) is 0 Å². The molecular weight excluding hydrogens is 240 g/mol. The molecule has 102 valence electrons. The van der Waals surface area contributed by atoms with Crippen LogP contribution in [-0.4, -0.2) is 17.7 Å². The number of hydrogen-bond donors (Lipinski definition) is 0. The fourth-order valence-corrected chi connectivity index (χ4v) is 1.65. The molecule has 1 amide bonds. The molecule has 0 aliphatic rings. The van der Waals surface area contributed by atoms with E-state index in [1.54, 1.807) is 29.2 Å². The van der Waals surface area contributed by atoms with Crippen LogP contribution in [0.3, 0.4) is 0 Å². The third-order valence-electron chi connectivity index (χ3n) is 2.36. The maximum Gasteiger partial charge on any atom is 0.415 e. The van der Waals surface area contributed by atoms with E-state index in [9.17, 15) is 4.79 Å². The minimum absolute atomic E-state index is 0.0520. The molecule has 1 rings (SSSR count). The van der Waals surface area contributed by atoms with Crippen molar-refractivity contribution in [3.63, 3.8) is 0 Å². The Kier molecular flexibility index (Phi) is 4.55. The van der Waals surface area contributed by atoms with Gasteiger partial charge in [0, 0.05) is 11.7 Å². The lowest BCUT2D eigenvalue weighted by Crippen LogP contribution is -2.41. The molecule has 4 nitrogen and oxygen atoms in total. The van der Waals surface area contributed by atoms with Crippen molar-refractivity contribution in [2.75, 3.05) is 4.90 Å². The van der Waals surface area contributed by atoms with Crippen molar-refractivity contribution >= 4 is 11.8 Å². The zero-order chi connectivity index (χ0) is 14.6. The average molecular weight is 260 g/mol. The van der Waals surface area contributed by atoms with Gasteiger partial charge >= 0.3 is 6.09 Å². The molecule has 19 heavy (non-hydrogen) atoms. The molecule has 4 heteroatoms. The number of carbonyl (C=O) groups excluding carboxylic acids is 1. The fourth-order valence-electron chi connectivity index (χ4n) is 1.65. The van der Waals surface area contributed by atoms with Gasteiger partial charge in [0.1, 0.15) is 5.60 Å². The van der Waals surface area contributed by atoms with E-state index in [2.05, 4.69) is 6.07 Å². The Morgan fingerprint density at radius 1 is 1.37 bits per heavy atom. The van der Waals surface area contributed by atoms with Crippen LogP contribution in [0.2, 0.25) is 0 Å². The Morgan fingerprint density at radius 3 is 2.47 bits per heavy atom. The molecule has 1 aromatic rings. The lowest BCUT2D eigenvalue weighted by atomic mass is 10.2. The van der Waals surface area contributed by atoms with Crippen LogP contribution in [0.5, 0.6) is 0 Å². The van der Waals surface area contributed by atoms with Crippen molar-refractivity contribution < 1.29 is 9.53 Å². The highest BCUT2D eigenvalue weighted by Crippen LogP contribution is 2.21. The lowest BCUT2D eigenvalue weighted by molar-refractivity contribution is 0.0570. The largest absolute Gasteiger partial charge is 0.443 e. The van der Waals surface area contributed by atoms with Gasteiger partial charge in [0.2, 0.25) is 0 Å². The number of carbonyl (C=O) groups is 1. The van der Waals surface area contributed by atoms with E-state index in [1.807, 2.05) is 34.6 Å². The smallest absolute Gasteiger partial charge is 0.415 e. The fraction of sp³-hybridized carbons (Fsp3) is 0.467. The lowest BCUT2D eigenvalue weighted by Gasteiger charge is -2.30. The first-order valence-electron chi connectivity index (χ1n) is 6.27. The summed E-state index contributed by atoms with van der Waals surface area (Å²) in [6.07, 6.45) is -0.405. The van der Waals surface area contributed by atoms with E-state index in [-0.39, 0.29) is 6.04 Å². The molecule has 0 heterocycles. The van der Waals surface area contributed by atoms with Gasteiger partial charge < -0.3 is 4.74 Å². The highest BCUT2D eigenvalue weighted by molar-refractivity contribution is 5.88. The van der Waals surface area contributed by atoms with E-state index < -0.39 is 11.7 Å². The molecule has 0 radical (unpaired) electrons. The van der Waals surface area contributed by atoms with Gasteiger partial charge in [-0.3, -0.25) is 4.90 Å². The second-order valence-corrected chi connectivity index (χ2v) is 5.61. The minimum Gasteiger partial charge on any atom is -0.443 e. The van der Waals surface area contributed by atoms with Crippen molar-refractivity contribution in [3.05, 3.63) is 29.8 Å². The molecule has 0 aliphatic carbocycles. The molecule has 1 aromatic carbocycles. The molecular formula is C15H20N2O2. The Bertz CT molecular complexity index is 496. The number of nitriles is 1. The van der Waals surface area contributed by atoms with Gasteiger partial charge in [-0.25, -0.2) is 4.79 Å². The van der Waals surface area contributed by atoms with E-state index in [0.29, 0.717) is 11.3 Å². The molecule has 0 saturated heterocycles. The molecule has 0 spiro atoms. The number of amides is 1. The summed E-state index contributed by atoms with van der Waals surface area (Å²) in [5.74, 6) is 0. The topological polar surface area (TPSA) is 53.3 Å². The number of benzene rings is 1. The van der Waals surface area contributed by atoms with Crippen LogP contribution in [-0.2, 0) is 4.74 Å². The summed E-state index contributed by atoms with van der Waals surface area (Å²) in [6.45, 7) is 9.30. The van der Waals surface area contributed by atoms with Crippen LogP contribution in [0.4, 0.5) is 10.5 Å². The molecule has 0 fully saturated rings. The van der Waals surface area contributed by atoms with Gasteiger partial charge in [-0.05, 0) is 52.8 Å². The first-order valence-corrected chi connectivity index (χ1v) is 6.27. The van der Waals surface area contributed by atoms with Gasteiger partial charge in [0.05, 0.1) is 11.6 Å². The third-order valence-corrected chi connectivity index (χ3v) is 2.36. The van der Waals surface area contributed by atoms with E-state index in [0.717, 1.165) is 0 Å². The van der Waals surface area contributed by atoms with Crippen LogP contribution in [0, 0.1) is 11.3 Å². The predicted octanol–water partition coefficient (Wildman–Crippen LogP) is 3.71. The second kappa shape index (κ2) is 5.75. The first-order chi connectivity index (χ1) is 8.74. The van der Waals surface area contributed by atoms with Gasteiger partial charge in [-0.15, -0.1) is 0 Å². The molecule has 0 aromatic heterocycles. The zero-order valence-corrected chi connectivity index (χ0v) is 12.1. The van der Waals surface area contributed by atoms with Crippen molar-refractivity contribution in [1.82, 2.24) is 0 Å². The maximum atomic E-state index is 12.2. The Hall–Kier alpha value is -2.02. The number of nitrogens with zero attached hydrogens (tertiary/aromatic N) is 2. The van der Waals surface area contributed by atoms with Crippen LogP contribution in [0.15, 0.2) is 24.3 Å². The normalized spacial score (nSPS) is 11.0. The molecule has 0 N–H and O–H groups in total. The summed E-state index contributed by atoms with van der Waals surface area (Å²) in [5.41, 5.74) is 0.645. The Labute approximate surface area is 114 Å². The predicted molar refractivity (Wildman–Crippen MR) is 75.0 cm³/mol. The average Bonchev–Trinajstić information content (AvgIpc) is 2.26. The number of anilines is 1. The van der Waals surface area contributed by atoms with Crippen LogP contribution in [0.25, 0.3) is 0 Å². The minimum atomic E-state index is -0.545. The number of rotatable bonds is 2. The van der Waals surface area contributed by atoms with Gasteiger partial charge in [-0.1, -0.05) is 6.07 Å².